The topological polar surface area (TPSA) is 94.0 Å². The van der Waals surface area contributed by atoms with Gasteiger partial charge in [0, 0.05) is 25.0 Å². The second-order valence-corrected chi connectivity index (χ2v) is 7.73. The van der Waals surface area contributed by atoms with Crippen molar-refractivity contribution in [2.75, 3.05) is 10.5 Å². The Morgan fingerprint density at radius 2 is 2.04 bits per heavy atom. The molecular weight excluding hydrogens is 352 g/mol. The van der Waals surface area contributed by atoms with E-state index in [1.165, 1.54) is 17.6 Å². The fraction of sp³-hybridized carbons (Fsp3) is 0.400. The number of hydrogen-bond donors (Lipinski definition) is 1. The van der Waals surface area contributed by atoms with Gasteiger partial charge in [-0.15, -0.1) is 0 Å². The van der Waals surface area contributed by atoms with Crippen LogP contribution in [0.25, 0.3) is 11.3 Å². The van der Waals surface area contributed by atoms with Gasteiger partial charge >= 0.3 is 0 Å². The van der Waals surface area contributed by atoms with E-state index in [2.05, 4.69) is 14.7 Å². The van der Waals surface area contributed by atoms with E-state index in [0.717, 1.165) is 18.4 Å². The fourth-order valence-electron chi connectivity index (χ4n) is 2.17. The zero-order chi connectivity index (χ0) is 17.9. The molecule has 2 rings (SSSR count). The number of aromatic nitrogens is 3. The van der Waals surface area contributed by atoms with Gasteiger partial charge in [0.05, 0.1) is 11.4 Å². The summed E-state index contributed by atoms with van der Waals surface area (Å²) < 4.78 is 27.1. The van der Waals surface area contributed by atoms with Crippen LogP contribution >= 0.6 is 11.6 Å². The van der Waals surface area contributed by atoms with Gasteiger partial charge in [-0.25, -0.2) is 18.4 Å². The molecule has 0 bridgehead atoms. The predicted octanol–water partition coefficient (Wildman–Crippen LogP) is 2.21. The number of rotatable bonds is 6. The quantitative estimate of drug-likeness (QED) is 0.841. The zero-order valence-electron chi connectivity index (χ0n) is 13.7. The standard InChI is InChI=1S/C15H19ClN4O3S/c1-4-6-10-8-17-15(19-24(22,23)5-2)18-13(10)11-7-12(16)14(21)20(3)9-11/h7-9H,4-6H2,1-3H3,(H,17,18,19). The molecule has 0 atom stereocenters. The van der Waals surface area contributed by atoms with Crippen molar-refractivity contribution in [3.05, 3.63) is 39.4 Å². The van der Waals surface area contributed by atoms with Crippen molar-refractivity contribution in [2.24, 2.45) is 7.05 Å². The molecule has 2 aromatic rings. The molecule has 9 heteroatoms. The van der Waals surface area contributed by atoms with Crippen LogP contribution in [0, 0.1) is 0 Å². The Bertz CT molecular complexity index is 883. The van der Waals surface area contributed by atoms with Crippen LogP contribution in [-0.2, 0) is 23.5 Å². The van der Waals surface area contributed by atoms with Crippen molar-refractivity contribution in [2.45, 2.75) is 26.7 Å². The van der Waals surface area contributed by atoms with Crippen molar-refractivity contribution in [3.63, 3.8) is 0 Å². The van der Waals surface area contributed by atoms with Gasteiger partial charge < -0.3 is 4.57 Å². The average molecular weight is 371 g/mol. The third kappa shape index (κ3) is 4.12. The molecule has 0 aliphatic rings. The molecule has 0 aliphatic heterocycles. The van der Waals surface area contributed by atoms with Crippen LogP contribution in [0.3, 0.4) is 0 Å². The molecule has 0 unspecified atom stereocenters. The lowest BCUT2D eigenvalue weighted by molar-refractivity contribution is 0.602. The summed E-state index contributed by atoms with van der Waals surface area (Å²) in [4.78, 5) is 20.2. The summed E-state index contributed by atoms with van der Waals surface area (Å²) in [6.45, 7) is 3.55. The maximum atomic E-state index is 11.8. The first-order valence-corrected chi connectivity index (χ1v) is 9.53. The molecule has 0 saturated carbocycles. The number of anilines is 1. The molecule has 0 aromatic carbocycles. The smallest absolute Gasteiger partial charge is 0.269 e. The number of nitrogens with one attached hydrogen (secondary N) is 1. The molecule has 130 valence electrons. The van der Waals surface area contributed by atoms with E-state index >= 15 is 0 Å². The Morgan fingerprint density at radius 3 is 2.62 bits per heavy atom. The monoisotopic (exact) mass is 370 g/mol. The second kappa shape index (κ2) is 7.31. The Labute approximate surface area is 145 Å². The highest BCUT2D eigenvalue weighted by molar-refractivity contribution is 7.92. The second-order valence-electron chi connectivity index (χ2n) is 5.32. The van der Waals surface area contributed by atoms with Gasteiger partial charge in [0.25, 0.3) is 5.56 Å². The van der Waals surface area contributed by atoms with Crippen molar-refractivity contribution in [1.29, 1.82) is 0 Å². The van der Waals surface area contributed by atoms with Crippen LogP contribution in [0.2, 0.25) is 5.02 Å². The van der Waals surface area contributed by atoms with Crippen LogP contribution in [0.5, 0.6) is 0 Å². The summed E-state index contributed by atoms with van der Waals surface area (Å²) in [7, 11) is -1.88. The Morgan fingerprint density at radius 1 is 1.33 bits per heavy atom. The minimum Gasteiger partial charge on any atom is -0.317 e. The van der Waals surface area contributed by atoms with Gasteiger partial charge in [-0.3, -0.25) is 9.52 Å². The minimum absolute atomic E-state index is 0.00308. The largest absolute Gasteiger partial charge is 0.317 e. The third-order valence-corrected chi connectivity index (χ3v) is 4.95. The Hall–Kier alpha value is -1.93. The van der Waals surface area contributed by atoms with Gasteiger partial charge in [0.1, 0.15) is 5.02 Å². The van der Waals surface area contributed by atoms with Gasteiger partial charge in [-0.05, 0) is 25.0 Å². The molecule has 7 nitrogen and oxygen atoms in total. The number of aryl methyl sites for hydroxylation is 2. The molecule has 0 amide bonds. The number of sulfonamides is 1. The minimum atomic E-state index is -3.48. The van der Waals surface area contributed by atoms with E-state index in [4.69, 9.17) is 11.6 Å². The molecule has 1 N–H and O–H groups in total. The summed E-state index contributed by atoms with van der Waals surface area (Å²) in [5.41, 5.74) is 1.73. The lowest BCUT2D eigenvalue weighted by Crippen LogP contribution is -2.18. The summed E-state index contributed by atoms with van der Waals surface area (Å²) in [5, 5.41) is 0.0757. The lowest BCUT2D eigenvalue weighted by atomic mass is 10.1. The molecule has 24 heavy (non-hydrogen) atoms. The summed E-state index contributed by atoms with van der Waals surface area (Å²) in [6.07, 6.45) is 4.80. The van der Waals surface area contributed by atoms with Crippen LogP contribution in [0.15, 0.2) is 23.3 Å². The van der Waals surface area contributed by atoms with E-state index in [9.17, 15) is 13.2 Å². The van der Waals surface area contributed by atoms with Crippen LogP contribution in [0.1, 0.15) is 25.8 Å². The number of hydrogen-bond acceptors (Lipinski definition) is 5. The molecular formula is C15H19ClN4O3S. The van der Waals surface area contributed by atoms with Gasteiger partial charge in [0.15, 0.2) is 0 Å². The van der Waals surface area contributed by atoms with Crippen molar-refractivity contribution >= 4 is 27.6 Å². The van der Waals surface area contributed by atoms with E-state index in [1.54, 1.807) is 19.4 Å². The van der Waals surface area contributed by atoms with Gasteiger partial charge in [0.2, 0.25) is 16.0 Å². The maximum Gasteiger partial charge on any atom is 0.269 e. The number of halogens is 1. The van der Waals surface area contributed by atoms with Crippen LogP contribution in [-0.4, -0.2) is 28.7 Å². The van der Waals surface area contributed by atoms with Gasteiger partial charge in [-0.2, -0.15) is 0 Å². The molecule has 0 spiro atoms. The van der Waals surface area contributed by atoms with Crippen molar-refractivity contribution < 1.29 is 8.42 Å². The molecule has 2 heterocycles. The Balaban J connectivity index is 2.59. The van der Waals surface area contributed by atoms with Crippen molar-refractivity contribution in [3.8, 4) is 11.3 Å². The highest BCUT2D eigenvalue weighted by atomic mass is 35.5. The van der Waals surface area contributed by atoms with Gasteiger partial charge in [-0.1, -0.05) is 24.9 Å². The van der Waals surface area contributed by atoms with Crippen LogP contribution < -0.4 is 10.3 Å². The van der Waals surface area contributed by atoms with E-state index < -0.39 is 10.0 Å². The molecule has 0 fully saturated rings. The third-order valence-electron chi connectivity index (χ3n) is 3.42. The Kier molecular flexibility index (Phi) is 5.61. The van der Waals surface area contributed by atoms with E-state index in [0.29, 0.717) is 11.3 Å². The van der Waals surface area contributed by atoms with Crippen LogP contribution in [0.4, 0.5) is 5.95 Å². The van der Waals surface area contributed by atoms with E-state index in [1.807, 2.05) is 6.92 Å². The van der Waals surface area contributed by atoms with Crippen molar-refractivity contribution in [1.82, 2.24) is 14.5 Å². The molecule has 2 aromatic heterocycles. The maximum absolute atomic E-state index is 11.8. The SMILES string of the molecule is CCCc1cnc(NS(=O)(=O)CC)nc1-c1cc(Cl)c(=O)n(C)c1. The first-order chi connectivity index (χ1) is 11.3. The lowest BCUT2D eigenvalue weighted by Gasteiger charge is -2.12. The first kappa shape index (κ1) is 18.4. The number of pyridine rings is 1. The predicted molar refractivity (Wildman–Crippen MR) is 94.8 cm³/mol. The van der Waals surface area contributed by atoms with E-state index in [-0.39, 0.29) is 22.3 Å². The highest BCUT2D eigenvalue weighted by Crippen LogP contribution is 2.24. The summed E-state index contributed by atoms with van der Waals surface area (Å²) in [6, 6.07) is 1.53. The first-order valence-electron chi connectivity index (χ1n) is 7.50. The average Bonchev–Trinajstić information content (AvgIpc) is 2.53. The molecule has 0 saturated heterocycles. The summed E-state index contributed by atoms with van der Waals surface area (Å²) >= 11 is 5.98. The highest BCUT2D eigenvalue weighted by Gasteiger charge is 2.15. The number of nitrogens with zero attached hydrogens (tertiary/aromatic N) is 3. The summed E-state index contributed by atoms with van der Waals surface area (Å²) in [5.74, 6) is -0.0784. The zero-order valence-corrected chi connectivity index (χ0v) is 15.3. The molecule has 0 radical (unpaired) electrons. The fourth-order valence-corrected chi connectivity index (χ4v) is 2.94. The normalized spacial score (nSPS) is 11.5. The molecule has 0 aliphatic carbocycles.